The van der Waals surface area contributed by atoms with E-state index in [0.29, 0.717) is 5.95 Å². The molecule has 72 valence electrons. The number of nitrogens with two attached hydrogens (primary N) is 1. The van der Waals surface area contributed by atoms with Crippen LogP contribution in [0.25, 0.3) is 0 Å². The first-order valence-corrected chi connectivity index (χ1v) is 4.45. The molecule has 0 radical (unpaired) electrons. The zero-order valence-corrected chi connectivity index (χ0v) is 7.99. The van der Waals surface area contributed by atoms with Crippen LogP contribution < -0.4 is 5.73 Å². The smallest absolute Gasteiger partial charge is 0.197 e. The minimum absolute atomic E-state index is 0.474. The number of imidazole rings is 1. The lowest BCUT2D eigenvalue weighted by atomic mass is 10.1. The zero-order valence-electron chi connectivity index (χ0n) is 7.99. The Morgan fingerprint density at radius 2 is 2.36 bits per heavy atom. The molecule has 0 aliphatic carbocycles. The van der Waals surface area contributed by atoms with Crippen LogP contribution in [0.3, 0.4) is 0 Å². The summed E-state index contributed by atoms with van der Waals surface area (Å²) in [6, 6.07) is 3.94. The van der Waals surface area contributed by atoms with Crippen molar-refractivity contribution in [3.63, 3.8) is 0 Å². The molecule has 0 saturated heterocycles. The molecule has 0 atom stereocenters. The first-order chi connectivity index (χ1) is 6.75. The summed E-state index contributed by atoms with van der Waals surface area (Å²) in [5.41, 5.74) is 8.69. The topological polar surface area (TPSA) is 67.6 Å². The first kappa shape index (κ1) is 8.74. The second-order valence-electron chi connectivity index (χ2n) is 3.23. The predicted molar refractivity (Wildman–Crippen MR) is 54.8 cm³/mol. The van der Waals surface area contributed by atoms with Gasteiger partial charge in [-0.1, -0.05) is 6.07 Å². The summed E-state index contributed by atoms with van der Waals surface area (Å²) in [5, 5.41) is 0. The number of H-pyrrole nitrogens is 1. The Kier molecular flexibility index (Phi) is 2.18. The maximum Gasteiger partial charge on any atom is 0.197 e. The second-order valence-corrected chi connectivity index (χ2v) is 3.23. The van der Waals surface area contributed by atoms with Crippen molar-refractivity contribution in [1.29, 1.82) is 0 Å². The first-order valence-electron chi connectivity index (χ1n) is 4.45. The van der Waals surface area contributed by atoms with Crippen molar-refractivity contribution in [2.75, 3.05) is 5.73 Å². The maximum absolute atomic E-state index is 5.55. The molecule has 0 amide bonds. The molecule has 0 spiro atoms. The van der Waals surface area contributed by atoms with Gasteiger partial charge in [-0.3, -0.25) is 4.98 Å². The highest BCUT2D eigenvalue weighted by Crippen LogP contribution is 2.11. The fraction of sp³-hybridized carbons (Fsp3) is 0.200. The number of aromatic nitrogens is 3. The molecule has 3 N–H and O–H groups in total. The van der Waals surface area contributed by atoms with E-state index in [1.165, 1.54) is 0 Å². The fourth-order valence-corrected chi connectivity index (χ4v) is 1.39. The molecule has 0 aliphatic rings. The summed E-state index contributed by atoms with van der Waals surface area (Å²) in [7, 11) is 0. The van der Waals surface area contributed by atoms with E-state index >= 15 is 0 Å². The highest BCUT2D eigenvalue weighted by Gasteiger charge is 2.04. The van der Waals surface area contributed by atoms with Gasteiger partial charge in [0, 0.05) is 24.5 Å². The molecule has 0 bridgehead atoms. The average Bonchev–Trinajstić information content (AvgIpc) is 2.47. The number of nitrogens with zero attached hydrogens (tertiary/aromatic N) is 2. The van der Waals surface area contributed by atoms with Gasteiger partial charge in [-0.15, -0.1) is 0 Å². The van der Waals surface area contributed by atoms with Crippen LogP contribution in [-0.2, 0) is 6.42 Å². The van der Waals surface area contributed by atoms with Gasteiger partial charge in [-0.25, -0.2) is 4.98 Å². The van der Waals surface area contributed by atoms with Crippen molar-refractivity contribution in [3.8, 4) is 0 Å². The van der Waals surface area contributed by atoms with Crippen molar-refractivity contribution in [3.05, 3.63) is 41.5 Å². The van der Waals surface area contributed by atoms with Gasteiger partial charge in [0.25, 0.3) is 0 Å². The largest absolute Gasteiger partial charge is 0.369 e. The number of hydrogen-bond donors (Lipinski definition) is 2. The Balaban J connectivity index is 2.23. The van der Waals surface area contributed by atoms with Crippen molar-refractivity contribution in [2.45, 2.75) is 13.3 Å². The van der Waals surface area contributed by atoms with Crippen LogP contribution >= 0.6 is 0 Å². The number of nitrogen functional groups attached to an aromatic ring is 1. The molecule has 4 heteroatoms. The summed E-state index contributed by atoms with van der Waals surface area (Å²) in [6.07, 6.45) is 4.37. The third-order valence-corrected chi connectivity index (χ3v) is 2.10. The van der Waals surface area contributed by atoms with Gasteiger partial charge in [0.1, 0.15) is 0 Å². The minimum atomic E-state index is 0.474. The van der Waals surface area contributed by atoms with Gasteiger partial charge < -0.3 is 10.7 Å². The number of nitrogens with one attached hydrogen (secondary N) is 1. The van der Waals surface area contributed by atoms with Gasteiger partial charge in [-0.05, 0) is 18.6 Å². The highest BCUT2D eigenvalue weighted by molar-refractivity contribution is 5.29. The molecular formula is C10H12N4. The molecule has 0 saturated carbocycles. The van der Waals surface area contributed by atoms with Gasteiger partial charge in [0.15, 0.2) is 5.95 Å². The Morgan fingerprint density at radius 3 is 2.93 bits per heavy atom. The summed E-state index contributed by atoms with van der Waals surface area (Å²) in [4.78, 5) is 11.2. The lowest BCUT2D eigenvalue weighted by molar-refractivity contribution is 1.06. The Hall–Kier alpha value is -1.84. The number of aryl methyl sites for hydroxylation is 1. The van der Waals surface area contributed by atoms with Crippen molar-refractivity contribution in [2.24, 2.45) is 0 Å². The summed E-state index contributed by atoms with van der Waals surface area (Å²) >= 11 is 0. The van der Waals surface area contributed by atoms with Crippen molar-refractivity contribution >= 4 is 5.95 Å². The van der Waals surface area contributed by atoms with Gasteiger partial charge >= 0.3 is 0 Å². The van der Waals surface area contributed by atoms with Gasteiger partial charge in [-0.2, -0.15) is 0 Å². The number of rotatable bonds is 2. The van der Waals surface area contributed by atoms with E-state index in [2.05, 4.69) is 15.0 Å². The summed E-state index contributed by atoms with van der Waals surface area (Å²) in [6.45, 7) is 1.97. The van der Waals surface area contributed by atoms with Gasteiger partial charge in [0.05, 0.1) is 5.69 Å². The van der Waals surface area contributed by atoms with Crippen LogP contribution in [0, 0.1) is 6.92 Å². The average molecular weight is 188 g/mol. The second kappa shape index (κ2) is 3.49. The molecule has 2 aromatic rings. The normalized spacial score (nSPS) is 10.4. The molecule has 0 aromatic carbocycles. The van der Waals surface area contributed by atoms with E-state index in [9.17, 15) is 0 Å². The SMILES string of the molecule is Cc1[nH]c(N)nc1Cc1cccnc1. The van der Waals surface area contributed by atoms with Crippen LogP contribution in [0.15, 0.2) is 24.5 Å². The van der Waals surface area contributed by atoms with E-state index in [4.69, 9.17) is 5.73 Å². The lowest BCUT2D eigenvalue weighted by Crippen LogP contribution is -1.92. The molecule has 0 unspecified atom stereocenters. The van der Waals surface area contributed by atoms with Crippen LogP contribution in [0.4, 0.5) is 5.95 Å². The Bertz CT molecular complexity index is 419. The van der Waals surface area contributed by atoms with E-state index < -0.39 is 0 Å². The Morgan fingerprint density at radius 1 is 1.50 bits per heavy atom. The molecule has 0 aliphatic heterocycles. The monoisotopic (exact) mass is 188 g/mol. The number of aromatic amines is 1. The quantitative estimate of drug-likeness (QED) is 0.746. The molecular weight excluding hydrogens is 176 g/mol. The predicted octanol–water partition coefficient (Wildman–Crippen LogP) is 1.29. The summed E-state index contributed by atoms with van der Waals surface area (Å²) < 4.78 is 0. The van der Waals surface area contributed by atoms with E-state index in [1.807, 2.05) is 25.3 Å². The van der Waals surface area contributed by atoms with Crippen molar-refractivity contribution in [1.82, 2.24) is 15.0 Å². The van der Waals surface area contributed by atoms with Crippen LogP contribution in [-0.4, -0.2) is 15.0 Å². The van der Waals surface area contributed by atoms with Gasteiger partial charge in [0.2, 0.25) is 0 Å². The molecule has 2 rings (SSSR count). The van der Waals surface area contributed by atoms with Crippen LogP contribution in [0.1, 0.15) is 17.0 Å². The maximum atomic E-state index is 5.55. The molecule has 2 aromatic heterocycles. The molecule has 4 nitrogen and oxygen atoms in total. The number of hydrogen-bond acceptors (Lipinski definition) is 3. The van der Waals surface area contributed by atoms with E-state index in [1.54, 1.807) is 6.20 Å². The fourth-order valence-electron chi connectivity index (χ4n) is 1.39. The minimum Gasteiger partial charge on any atom is -0.369 e. The highest BCUT2D eigenvalue weighted by atomic mass is 15.0. The third kappa shape index (κ3) is 1.74. The zero-order chi connectivity index (χ0) is 9.97. The molecule has 0 fully saturated rings. The van der Waals surface area contributed by atoms with Crippen LogP contribution in [0.2, 0.25) is 0 Å². The number of anilines is 1. The van der Waals surface area contributed by atoms with E-state index in [0.717, 1.165) is 23.4 Å². The standard InChI is InChI=1S/C10H12N4/c1-7-9(14-10(11)13-7)5-8-3-2-4-12-6-8/h2-4,6H,5H2,1H3,(H3,11,13,14). The third-order valence-electron chi connectivity index (χ3n) is 2.10. The molecule has 2 heterocycles. The van der Waals surface area contributed by atoms with Crippen molar-refractivity contribution < 1.29 is 0 Å². The van der Waals surface area contributed by atoms with Crippen LogP contribution in [0.5, 0.6) is 0 Å². The Labute approximate surface area is 82.2 Å². The molecule has 14 heavy (non-hydrogen) atoms. The summed E-state index contributed by atoms with van der Waals surface area (Å²) in [5.74, 6) is 0.474. The number of pyridine rings is 1. The van der Waals surface area contributed by atoms with E-state index in [-0.39, 0.29) is 0 Å². The lowest BCUT2D eigenvalue weighted by Gasteiger charge is -1.97.